The van der Waals surface area contributed by atoms with Crippen LogP contribution in [0.5, 0.6) is 0 Å². The van der Waals surface area contributed by atoms with Crippen LogP contribution in [0.25, 0.3) is 5.69 Å². The van der Waals surface area contributed by atoms with Crippen molar-refractivity contribution in [1.29, 1.82) is 0 Å². The van der Waals surface area contributed by atoms with Crippen LogP contribution in [-0.2, 0) is 6.54 Å². The summed E-state index contributed by atoms with van der Waals surface area (Å²) in [7, 11) is 0. The lowest BCUT2D eigenvalue weighted by Crippen LogP contribution is -2.58. The summed E-state index contributed by atoms with van der Waals surface area (Å²) in [5.74, 6) is 0.766. The average molecular weight is 437 g/mol. The number of hydrogen-bond donors (Lipinski definition) is 1. The van der Waals surface area contributed by atoms with Crippen LogP contribution in [0.2, 0.25) is 0 Å². The van der Waals surface area contributed by atoms with E-state index >= 15 is 0 Å². The number of likely N-dealkylation sites (tertiary alicyclic amines) is 1. The maximum atomic E-state index is 14.0. The van der Waals surface area contributed by atoms with Crippen molar-refractivity contribution in [3.63, 3.8) is 0 Å². The third kappa shape index (κ3) is 4.53. The second-order valence-electron chi connectivity index (χ2n) is 8.59. The van der Waals surface area contributed by atoms with Gasteiger partial charge in [-0.15, -0.1) is 0 Å². The molecule has 0 radical (unpaired) electrons. The van der Waals surface area contributed by atoms with E-state index in [9.17, 15) is 9.50 Å². The summed E-state index contributed by atoms with van der Waals surface area (Å²) in [4.78, 5) is 11.4. The van der Waals surface area contributed by atoms with E-state index in [1.54, 1.807) is 23.0 Å². The first-order valence-corrected chi connectivity index (χ1v) is 11.3. The summed E-state index contributed by atoms with van der Waals surface area (Å²) in [5, 5.41) is 15.3. The van der Waals surface area contributed by atoms with Gasteiger partial charge in [-0.05, 0) is 48.4 Å². The highest BCUT2D eigenvalue weighted by atomic mass is 19.1. The van der Waals surface area contributed by atoms with Gasteiger partial charge in [0.15, 0.2) is 0 Å². The van der Waals surface area contributed by atoms with Gasteiger partial charge in [0.05, 0.1) is 11.8 Å². The molecular weight excluding hydrogens is 407 g/mol. The molecule has 1 N–H and O–H groups in total. The lowest BCUT2D eigenvalue weighted by Gasteiger charge is -2.45. The molecule has 8 heteroatoms. The molecule has 1 aromatic carbocycles. The lowest BCUT2D eigenvalue weighted by atomic mass is 9.98. The molecule has 2 atom stereocenters. The predicted molar refractivity (Wildman–Crippen MR) is 121 cm³/mol. The maximum absolute atomic E-state index is 14.0. The molecule has 4 heterocycles. The van der Waals surface area contributed by atoms with Crippen molar-refractivity contribution >= 4 is 5.82 Å². The first-order valence-electron chi connectivity index (χ1n) is 11.3. The number of hydrogen-bond acceptors (Lipinski definition) is 6. The van der Waals surface area contributed by atoms with Crippen LogP contribution in [-0.4, -0.2) is 81.1 Å². The van der Waals surface area contributed by atoms with E-state index in [0.717, 1.165) is 56.2 Å². The van der Waals surface area contributed by atoms with E-state index in [1.165, 1.54) is 6.07 Å². The SMILES string of the molecule is O[C@@H]1CN(Cc2cc(F)ccc2-n2cccn2)CC[C@H]1N1CCN(c2ccccn2)CC1. The first-order chi connectivity index (χ1) is 15.7. The van der Waals surface area contributed by atoms with Gasteiger partial charge in [0, 0.05) is 70.4 Å². The van der Waals surface area contributed by atoms with E-state index < -0.39 is 6.10 Å². The van der Waals surface area contributed by atoms with Crippen LogP contribution in [0.15, 0.2) is 61.1 Å². The number of aromatic nitrogens is 3. The molecule has 0 amide bonds. The minimum atomic E-state index is -0.424. The van der Waals surface area contributed by atoms with Crippen LogP contribution in [0.3, 0.4) is 0 Å². The zero-order valence-corrected chi connectivity index (χ0v) is 18.1. The summed E-state index contributed by atoms with van der Waals surface area (Å²) in [5.41, 5.74) is 1.75. The monoisotopic (exact) mass is 436 g/mol. The molecule has 2 aliphatic rings. The Hall–Kier alpha value is -2.81. The number of piperazine rings is 1. The molecule has 2 aromatic heterocycles. The summed E-state index contributed by atoms with van der Waals surface area (Å²) in [6.45, 7) is 5.72. The van der Waals surface area contributed by atoms with Gasteiger partial charge in [-0.3, -0.25) is 9.80 Å². The van der Waals surface area contributed by atoms with Gasteiger partial charge in [-0.1, -0.05) is 6.07 Å². The summed E-state index contributed by atoms with van der Waals surface area (Å²) >= 11 is 0. The van der Waals surface area contributed by atoms with Crippen LogP contribution in [0, 0.1) is 5.82 Å². The van der Waals surface area contributed by atoms with Crippen molar-refractivity contribution in [3.8, 4) is 5.69 Å². The van der Waals surface area contributed by atoms with Crippen LogP contribution in [0.1, 0.15) is 12.0 Å². The predicted octanol–water partition coefficient (Wildman–Crippen LogP) is 2.16. The molecular formula is C24H29FN6O. The minimum Gasteiger partial charge on any atom is -0.390 e. The van der Waals surface area contributed by atoms with E-state index in [1.807, 2.05) is 36.7 Å². The van der Waals surface area contributed by atoms with E-state index in [4.69, 9.17) is 0 Å². The standard InChI is InChI=1S/C24H29FN6O/c25-20-5-6-21(31-10-3-9-27-31)19(16-20)17-28-11-7-22(23(32)18-28)29-12-14-30(15-13-29)24-4-1-2-8-26-24/h1-6,8-10,16,22-23,32H,7,11-15,17-18H2/t22-,23-/m1/s1. The minimum absolute atomic E-state index is 0.162. The van der Waals surface area contributed by atoms with Gasteiger partial charge >= 0.3 is 0 Å². The molecule has 2 fully saturated rings. The molecule has 2 aliphatic heterocycles. The Kier molecular flexibility index (Phi) is 6.16. The van der Waals surface area contributed by atoms with Gasteiger partial charge in [-0.25, -0.2) is 14.1 Å². The number of nitrogens with zero attached hydrogens (tertiary/aromatic N) is 6. The smallest absolute Gasteiger partial charge is 0.128 e. The number of anilines is 1. The second-order valence-corrected chi connectivity index (χ2v) is 8.59. The quantitative estimate of drug-likeness (QED) is 0.662. The van der Waals surface area contributed by atoms with Crippen molar-refractivity contribution < 1.29 is 9.50 Å². The number of aliphatic hydroxyl groups is 1. The normalized spacial score (nSPS) is 22.9. The fraction of sp³-hybridized carbons (Fsp3) is 0.417. The zero-order chi connectivity index (χ0) is 21.9. The Morgan fingerprint density at radius 3 is 2.59 bits per heavy atom. The Bertz CT molecular complexity index is 1010. The number of aliphatic hydroxyl groups excluding tert-OH is 1. The summed E-state index contributed by atoms with van der Waals surface area (Å²) in [6.07, 6.45) is 5.89. The molecule has 0 spiro atoms. The van der Waals surface area contributed by atoms with Crippen molar-refractivity contribution in [2.75, 3.05) is 44.2 Å². The second kappa shape index (κ2) is 9.36. The Labute approximate surface area is 187 Å². The van der Waals surface area contributed by atoms with Crippen molar-refractivity contribution in [3.05, 3.63) is 72.4 Å². The summed E-state index contributed by atoms with van der Waals surface area (Å²) < 4.78 is 15.7. The molecule has 7 nitrogen and oxygen atoms in total. The Morgan fingerprint density at radius 1 is 1.00 bits per heavy atom. The zero-order valence-electron chi connectivity index (χ0n) is 18.1. The number of pyridine rings is 1. The molecule has 2 saturated heterocycles. The van der Waals surface area contributed by atoms with Gasteiger partial charge in [-0.2, -0.15) is 5.10 Å². The van der Waals surface area contributed by atoms with E-state index in [0.29, 0.717) is 13.1 Å². The van der Waals surface area contributed by atoms with Crippen LogP contribution in [0.4, 0.5) is 10.2 Å². The molecule has 0 unspecified atom stereocenters. The van der Waals surface area contributed by atoms with Crippen molar-refractivity contribution in [2.24, 2.45) is 0 Å². The molecule has 0 aliphatic carbocycles. The molecule has 3 aromatic rings. The van der Waals surface area contributed by atoms with Gasteiger partial charge in [0.25, 0.3) is 0 Å². The Morgan fingerprint density at radius 2 is 1.88 bits per heavy atom. The number of benzene rings is 1. The first kappa shape index (κ1) is 21.1. The third-order valence-electron chi connectivity index (χ3n) is 6.57. The largest absolute Gasteiger partial charge is 0.390 e. The molecule has 5 rings (SSSR count). The van der Waals surface area contributed by atoms with Crippen LogP contribution < -0.4 is 4.90 Å². The number of rotatable bonds is 5. The van der Waals surface area contributed by atoms with Gasteiger partial charge in [0.2, 0.25) is 0 Å². The molecule has 0 bridgehead atoms. The fourth-order valence-corrected chi connectivity index (χ4v) is 4.93. The maximum Gasteiger partial charge on any atom is 0.128 e. The lowest BCUT2D eigenvalue weighted by molar-refractivity contribution is -0.0172. The average Bonchev–Trinajstić information content (AvgIpc) is 3.35. The third-order valence-corrected chi connectivity index (χ3v) is 6.57. The molecule has 168 valence electrons. The van der Waals surface area contributed by atoms with E-state index in [2.05, 4.69) is 24.8 Å². The van der Waals surface area contributed by atoms with Crippen molar-refractivity contribution in [1.82, 2.24) is 24.6 Å². The van der Waals surface area contributed by atoms with E-state index in [-0.39, 0.29) is 11.9 Å². The van der Waals surface area contributed by atoms with Crippen molar-refractivity contribution in [2.45, 2.75) is 25.1 Å². The van der Waals surface area contributed by atoms with Gasteiger partial charge in [0.1, 0.15) is 11.6 Å². The Balaban J connectivity index is 1.19. The topological polar surface area (TPSA) is 60.7 Å². The molecule has 32 heavy (non-hydrogen) atoms. The fourth-order valence-electron chi connectivity index (χ4n) is 4.93. The number of halogens is 1. The highest BCUT2D eigenvalue weighted by Crippen LogP contribution is 2.24. The number of β-amino-alcohol motifs (C(OH)–C–C–N with tert-alkyl or cyclic N) is 1. The molecule has 0 saturated carbocycles. The van der Waals surface area contributed by atoms with Gasteiger partial charge < -0.3 is 10.0 Å². The summed E-state index contributed by atoms with van der Waals surface area (Å²) in [6, 6.07) is 12.8. The van der Waals surface area contributed by atoms with Crippen LogP contribution >= 0.6 is 0 Å². The highest BCUT2D eigenvalue weighted by molar-refractivity contribution is 5.41. The highest BCUT2D eigenvalue weighted by Gasteiger charge is 2.34. The number of piperidine rings is 1.